The van der Waals surface area contributed by atoms with Gasteiger partial charge in [0.15, 0.2) is 0 Å². The van der Waals surface area contributed by atoms with Gasteiger partial charge in [-0.25, -0.2) is 9.97 Å². The Morgan fingerprint density at radius 2 is 2.11 bits per heavy atom. The van der Waals surface area contributed by atoms with Gasteiger partial charge >= 0.3 is 0 Å². The van der Waals surface area contributed by atoms with Crippen LogP contribution < -0.4 is 10.2 Å². The van der Waals surface area contributed by atoms with E-state index in [1.165, 1.54) is 18.4 Å². The van der Waals surface area contributed by atoms with E-state index in [-0.39, 0.29) is 0 Å². The molecule has 4 nitrogen and oxygen atoms in total. The first-order chi connectivity index (χ1) is 9.19. The highest BCUT2D eigenvalue weighted by atomic mass is 15.2. The topological polar surface area (TPSA) is 41.1 Å². The Kier molecular flexibility index (Phi) is 4.61. The van der Waals surface area contributed by atoms with Crippen molar-refractivity contribution in [3.8, 4) is 0 Å². The fourth-order valence-corrected chi connectivity index (χ4v) is 2.52. The number of rotatable bonds is 7. The number of hydrogen-bond acceptors (Lipinski definition) is 4. The van der Waals surface area contributed by atoms with Crippen molar-refractivity contribution in [1.82, 2.24) is 9.97 Å². The van der Waals surface area contributed by atoms with Crippen molar-refractivity contribution < 1.29 is 0 Å². The lowest BCUT2D eigenvalue weighted by molar-refractivity contribution is 0.601. The van der Waals surface area contributed by atoms with E-state index in [1.807, 2.05) is 0 Å². The maximum absolute atomic E-state index is 4.52. The van der Waals surface area contributed by atoms with Crippen LogP contribution in [0.5, 0.6) is 0 Å². The number of aromatic nitrogens is 2. The van der Waals surface area contributed by atoms with E-state index in [4.69, 9.17) is 0 Å². The first-order valence-corrected chi connectivity index (χ1v) is 7.49. The van der Waals surface area contributed by atoms with Crippen LogP contribution in [0.1, 0.15) is 45.6 Å². The summed E-state index contributed by atoms with van der Waals surface area (Å²) in [7, 11) is 2.16. The van der Waals surface area contributed by atoms with Crippen molar-refractivity contribution in [2.75, 3.05) is 23.8 Å². The fraction of sp³-hybridized carbons (Fsp3) is 0.733. The zero-order chi connectivity index (χ0) is 13.8. The summed E-state index contributed by atoms with van der Waals surface area (Å²) < 4.78 is 0. The van der Waals surface area contributed by atoms with E-state index >= 15 is 0 Å². The molecule has 0 amide bonds. The molecule has 1 heterocycles. The Morgan fingerprint density at radius 1 is 1.37 bits per heavy atom. The van der Waals surface area contributed by atoms with Crippen molar-refractivity contribution in [2.45, 2.75) is 52.5 Å². The number of nitrogens with zero attached hydrogens (tertiary/aromatic N) is 3. The van der Waals surface area contributed by atoms with Gasteiger partial charge < -0.3 is 10.2 Å². The number of hydrogen-bond donors (Lipinski definition) is 1. The van der Waals surface area contributed by atoms with Gasteiger partial charge in [0, 0.05) is 25.2 Å². The summed E-state index contributed by atoms with van der Waals surface area (Å²) in [6, 6.07) is 0.569. The van der Waals surface area contributed by atoms with Gasteiger partial charge in [-0.15, -0.1) is 0 Å². The van der Waals surface area contributed by atoms with Crippen LogP contribution in [0.25, 0.3) is 0 Å². The zero-order valence-electron chi connectivity index (χ0n) is 12.6. The van der Waals surface area contributed by atoms with Gasteiger partial charge in [-0.05, 0) is 38.5 Å². The first kappa shape index (κ1) is 14.1. The molecule has 1 aromatic heterocycles. The van der Waals surface area contributed by atoms with Crippen LogP contribution in [0.15, 0.2) is 6.33 Å². The third kappa shape index (κ3) is 3.17. The van der Waals surface area contributed by atoms with Gasteiger partial charge in [-0.1, -0.05) is 13.8 Å². The molecule has 0 aliphatic heterocycles. The molecular weight excluding hydrogens is 236 g/mol. The van der Waals surface area contributed by atoms with Crippen LogP contribution in [0.2, 0.25) is 0 Å². The molecule has 1 N–H and O–H groups in total. The largest absolute Gasteiger partial charge is 0.370 e. The lowest BCUT2D eigenvalue weighted by Crippen LogP contribution is -2.32. The van der Waals surface area contributed by atoms with Crippen molar-refractivity contribution >= 4 is 11.6 Å². The third-order valence-corrected chi connectivity index (χ3v) is 4.07. The van der Waals surface area contributed by atoms with Crippen molar-refractivity contribution in [1.29, 1.82) is 0 Å². The second-order valence-corrected chi connectivity index (χ2v) is 5.49. The SMILES string of the molecule is CCCNc1ncnc(N(C)C(C)C2CC2)c1CC. The van der Waals surface area contributed by atoms with E-state index in [2.05, 4.69) is 48.0 Å². The molecule has 1 aliphatic carbocycles. The van der Waals surface area contributed by atoms with Crippen molar-refractivity contribution in [3.63, 3.8) is 0 Å². The standard InChI is InChI=1S/C15H26N4/c1-5-9-16-14-13(6-2)15(18-10-17-14)19(4)11(3)12-7-8-12/h10-12H,5-9H2,1-4H3,(H,16,17,18). The Hall–Kier alpha value is -1.32. The molecule has 19 heavy (non-hydrogen) atoms. The van der Waals surface area contributed by atoms with Gasteiger partial charge in [0.2, 0.25) is 0 Å². The lowest BCUT2D eigenvalue weighted by atomic mass is 10.1. The second kappa shape index (κ2) is 6.22. The Balaban J connectivity index is 2.22. The van der Waals surface area contributed by atoms with E-state index in [0.29, 0.717) is 6.04 Å². The van der Waals surface area contributed by atoms with Crippen molar-refractivity contribution in [2.24, 2.45) is 5.92 Å². The smallest absolute Gasteiger partial charge is 0.137 e. The van der Waals surface area contributed by atoms with Crippen LogP contribution in [0.3, 0.4) is 0 Å². The molecule has 0 spiro atoms. The molecule has 1 atom stereocenters. The summed E-state index contributed by atoms with van der Waals surface area (Å²) in [5, 5.41) is 3.42. The normalized spacial score (nSPS) is 16.2. The predicted octanol–water partition coefficient (Wildman–Crippen LogP) is 3.10. The molecule has 4 heteroatoms. The monoisotopic (exact) mass is 262 g/mol. The number of anilines is 2. The molecule has 1 aliphatic rings. The van der Waals surface area contributed by atoms with Gasteiger partial charge in [0.1, 0.15) is 18.0 Å². The molecule has 2 rings (SSSR count). The zero-order valence-corrected chi connectivity index (χ0v) is 12.6. The average molecular weight is 262 g/mol. The highest BCUT2D eigenvalue weighted by Crippen LogP contribution is 2.37. The molecule has 0 saturated heterocycles. The molecule has 1 aromatic rings. The minimum atomic E-state index is 0.569. The van der Waals surface area contributed by atoms with Crippen LogP contribution in [-0.4, -0.2) is 29.6 Å². The van der Waals surface area contributed by atoms with E-state index in [9.17, 15) is 0 Å². The summed E-state index contributed by atoms with van der Waals surface area (Å²) in [6.07, 6.45) is 6.47. The van der Waals surface area contributed by atoms with Gasteiger partial charge in [-0.3, -0.25) is 0 Å². The van der Waals surface area contributed by atoms with Crippen LogP contribution >= 0.6 is 0 Å². The molecule has 0 radical (unpaired) electrons. The molecule has 1 unspecified atom stereocenters. The fourth-order valence-electron chi connectivity index (χ4n) is 2.52. The predicted molar refractivity (Wildman–Crippen MR) is 80.8 cm³/mol. The molecule has 1 fully saturated rings. The minimum absolute atomic E-state index is 0.569. The summed E-state index contributed by atoms with van der Waals surface area (Å²) in [5.41, 5.74) is 1.24. The minimum Gasteiger partial charge on any atom is -0.370 e. The highest BCUT2D eigenvalue weighted by molar-refractivity contribution is 5.59. The Morgan fingerprint density at radius 3 is 2.68 bits per heavy atom. The molecule has 0 aromatic carbocycles. The Bertz CT molecular complexity index is 415. The third-order valence-electron chi connectivity index (χ3n) is 4.07. The van der Waals surface area contributed by atoms with Gasteiger partial charge in [0.05, 0.1) is 0 Å². The van der Waals surface area contributed by atoms with Gasteiger partial charge in [-0.2, -0.15) is 0 Å². The quantitative estimate of drug-likeness (QED) is 0.820. The lowest BCUT2D eigenvalue weighted by Gasteiger charge is -2.28. The molecular formula is C15H26N4. The van der Waals surface area contributed by atoms with Crippen LogP contribution in [0, 0.1) is 5.92 Å². The average Bonchev–Trinajstić information content (AvgIpc) is 3.27. The maximum atomic E-state index is 4.52. The summed E-state index contributed by atoms with van der Waals surface area (Å²) in [6.45, 7) is 7.61. The van der Waals surface area contributed by atoms with Crippen LogP contribution in [-0.2, 0) is 6.42 Å². The van der Waals surface area contributed by atoms with E-state index < -0.39 is 0 Å². The van der Waals surface area contributed by atoms with E-state index in [1.54, 1.807) is 6.33 Å². The van der Waals surface area contributed by atoms with Crippen molar-refractivity contribution in [3.05, 3.63) is 11.9 Å². The maximum Gasteiger partial charge on any atom is 0.137 e. The summed E-state index contributed by atoms with van der Waals surface area (Å²) in [4.78, 5) is 11.3. The number of nitrogens with one attached hydrogen (secondary N) is 1. The molecule has 106 valence electrons. The second-order valence-electron chi connectivity index (χ2n) is 5.49. The van der Waals surface area contributed by atoms with Gasteiger partial charge in [0.25, 0.3) is 0 Å². The summed E-state index contributed by atoms with van der Waals surface area (Å²) in [5.74, 6) is 2.94. The summed E-state index contributed by atoms with van der Waals surface area (Å²) >= 11 is 0. The first-order valence-electron chi connectivity index (χ1n) is 7.49. The van der Waals surface area contributed by atoms with E-state index in [0.717, 1.165) is 36.9 Å². The highest BCUT2D eigenvalue weighted by Gasteiger charge is 2.32. The Labute approximate surface area is 116 Å². The van der Waals surface area contributed by atoms with Crippen LogP contribution in [0.4, 0.5) is 11.6 Å². The molecule has 1 saturated carbocycles. The molecule has 0 bridgehead atoms.